The minimum atomic E-state index is -0.546. The maximum Gasteiger partial charge on any atom is 0.147 e. The molecule has 0 bridgehead atoms. The minimum absolute atomic E-state index is 0.0531. The van der Waals surface area contributed by atoms with Crippen LogP contribution in [0.5, 0.6) is 0 Å². The van der Waals surface area contributed by atoms with Gasteiger partial charge in [0.25, 0.3) is 0 Å². The molecule has 2 rings (SSSR count). The number of halogens is 3. The Hall–Kier alpha value is -0.740. The Morgan fingerprint density at radius 3 is 2.67 bits per heavy atom. The van der Waals surface area contributed by atoms with Crippen LogP contribution in [0.3, 0.4) is 0 Å². The van der Waals surface area contributed by atoms with Gasteiger partial charge in [-0.15, -0.1) is 0 Å². The SMILES string of the molecule is NC1C=C(c2c(F)ccc(Br)c2F)CC1. The number of hydrogen-bond donors (Lipinski definition) is 1. The van der Waals surface area contributed by atoms with Crippen molar-refractivity contribution in [3.8, 4) is 0 Å². The van der Waals surface area contributed by atoms with Crippen molar-refractivity contribution in [2.45, 2.75) is 18.9 Å². The monoisotopic (exact) mass is 273 g/mol. The third-order valence-corrected chi connectivity index (χ3v) is 3.14. The standard InChI is InChI=1S/C11H10BrF2N/c12-8-3-4-9(13)10(11(8)14)6-1-2-7(15)5-6/h3-5,7H,1-2,15H2. The van der Waals surface area contributed by atoms with Crippen molar-refractivity contribution in [2.24, 2.45) is 5.73 Å². The molecule has 0 heterocycles. The maximum absolute atomic E-state index is 13.7. The molecule has 0 spiro atoms. The van der Waals surface area contributed by atoms with Gasteiger partial charge in [0.2, 0.25) is 0 Å². The highest BCUT2D eigenvalue weighted by Gasteiger charge is 2.21. The second-order valence-electron chi connectivity index (χ2n) is 3.61. The lowest BCUT2D eigenvalue weighted by atomic mass is 10.0. The Kier molecular flexibility index (Phi) is 2.89. The van der Waals surface area contributed by atoms with Crippen LogP contribution in [-0.2, 0) is 0 Å². The van der Waals surface area contributed by atoms with Crippen LogP contribution in [0, 0.1) is 11.6 Å². The van der Waals surface area contributed by atoms with E-state index < -0.39 is 11.6 Å². The first-order chi connectivity index (χ1) is 7.09. The number of rotatable bonds is 1. The molecule has 1 aromatic rings. The minimum Gasteiger partial charge on any atom is -0.324 e. The predicted octanol–water partition coefficient (Wildman–Crippen LogP) is 3.23. The Bertz CT molecular complexity index is 429. The Labute approximate surface area is 95.1 Å². The zero-order valence-corrected chi connectivity index (χ0v) is 9.52. The fourth-order valence-corrected chi connectivity index (χ4v) is 2.11. The summed E-state index contributed by atoms with van der Waals surface area (Å²) in [7, 11) is 0. The Balaban J connectivity index is 2.52. The predicted molar refractivity (Wildman–Crippen MR) is 59.2 cm³/mol. The topological polar surface area (TPSA) is 26.0 Å². The third kappa shape index (κ3) is 1.96. The fourth-order valence-electron chi connectivity index (χ4n) is 1.78. The zero-order chi connectivity index (χ0) is 11.0. The van der Waals surface area contributed by atoms with Gasteiger partial charge in [0.05, 0.1) is 10.0 Å². The lowest BCUT2D eigenvalue weighted by molar-refractivity contribution is 0.571. The smallest absolute Gasteiger partial charge is 0.147 e. The molecular weight excluding hydrogens is 264 g/mol. The van der Waals surface area contributed by atoms with Crippen molar-refractivity contribution < 1.29 is 8.78 Å². The molecule has 1 unspecified atom stereocenters. The van der Waals surface area contributed by atoms with Crippen molar-refractivity contribution in [1.29, 1.82) is 0 Å². The first-order valence-corrected chi connectivity index (χ1v) is 5.49. The van der Waals surface area contributed by atoms with Crippen molar-refractivity contribution in [2.75, 3.05) is 0 Å². The Morgan fingerprint density at radius 2 is 2.07 bits per heavy atom. The van der Waals surface area contributed by atoms with Gasteiger partial charge in [-0.05, 0) is 46.5 Å². The normalized spacial score (nSPS) is 20.5. The third-order valence-electron chi connectivity index (χ3n) is 2.53. The first kappa shape index (κ1) is 10.8. The molecule has 1 atom stereocenters. The highest BCUT2D eigenvalue weighted by atomic mass is 79.9. The van der Waals surface area contributed by atoms with E-state index in [1.807, 2.05) is 0 Å². The van der Waals surface area contributed by atoms with Crippen LogP contribution in [0.1, 0.15) is 18.4 Å². The van der Waals surface area contributed by atoms with E-state index in [9.17, 15) is 8.78 Å². The van der Waals surface area contributed by atoms with E-state index in [0.717, 1.165) is 6.42 Å². The summed E-state index contributed by atoms with van der Waals surface area (Å²) in [5, 5.41) is 0. The molecule has 0 radical (unpaired) electrons. The van der Waals surface area contributed by atoms with E-state index in [-0.39, 0.29) is 16.1 Å². The van der Waals surface area contributed by atoms with Crippen LogP contribution in [-0.4, -0.2) is 6.04 Å². The quantitative estimate of drug-likeness (QED) is 0.782. The van der Waals surface area contributed by atoms with Crippen LogP contribution in [0.2, 0.25) is 0 Å². The summed E-state index contributed by atoms with van der Waals surface area (Å²) in [5.74, 6) is -1.08. The van der Waals surface area contributed by atoms with Gasteiger partial charge in [-0.25, -0.2) is 8.78 Å². The molecule has 1 nitrogen and oxygen atoms in total. The first-order valence-electron chi connectivity index (χ1n) is 4.69. The van der Waals surface area contributed by atoms with Crippen molar-refractivity contribution >= 4 is 21.5 Å². The molecule has 80 valence electrons. The maximum atomic E-state index is 13.7. The molecule has 0 saturated heterocycles. The van der Waals surface area contributed by atoms with E-state index in [1.54, 1.807) is 6.08 Å². The number of benzene rings is 1. The summed E-state index contributed by atoms with van der Waals surface area (Å²) in [4.78, 5) is 0. The van der Waals surface area contributed by atoms with Gasteiger partial charge in [-0.2, -0.15) is 0 Å². The van der Waals surface area contributed by atoms with Gasteiger partial charge in [0, 0.05) is 6.04 Å². The van der Waals surface area contributed by atoms with Crippen LogP contribution in [0.15, 0.2) is 22.7 Å². The van der Waals surface area contributed by atoms with Crippen LogP contribution in [0.25, 0.3) is 5.57 Å². The van der Waals surface area contributed by atoms with Crippen molar-refractivity contribution in [3.63, 3.8) is 0 Å². The summed E-state index contributed by atoms with van der Waals surface area (Å²) in [6.07, 6.45) is 3.11. The van der Waals surface area contributed by atoms with Gasteiger partial charge in [0.1, 0.15) is 11.6 Å². The molecule has 0 fully saturated rings. The molecule has 0 saturated carbocycles. The number of nitrogens with two attached hydrogens (primary N) is 1. The summed E-state index contributed by atoms with van der Waals surface area (Å²) in [6.45, 7) is 0. The summed E-state index contributed by atoms with van der Waals surface area (Å²) in [5.41, 5.74) is 6.39. The summed E-state index contributed by atoms with van der Waals surface area (Å²) in [6, 6.07) is 2.54. The molecule has 0 amide bonds. The highest BCUT2D eigenvalue weighted by molar-refractivity contribution is 9.10. The number of hydrogen-bond acceptors (Lipinski definition) is 1. The van der Waals surface area contributed by atoms with E-state index in [0.29, 0.717) is 12.0 Å². The molecule has 0 aromatic heterocycles. The molecular formula is C11H10BrF2N. The van der Waals surface area contributed by atoms with Crippen LogP contribution in [0.4, 0.5) is 8.78 Å². The highest BCUT2D eigenvalue weighted by Crippen LogP contribution is 2.33. The van der Waals surface area contributed by atoms with Gasteiger partial charge in [-0.1, -0.05) is 6.08 Å². The van der Waals surface area contributed by atoms with Crippen molar-refractivity contribution in [1.82, 2.24) is 0 Å². The number of allylic oxidation sites excluding steroid dienone is 1. The second kappa shape index (κ2) is 4.02. The summed E-state index contributed by atoms with van der Waals surface area (Å²) < 4.78 is 27.4. The van der Waals surface area contributed by atoms with Crippen LogP contribution >= 0.6 is 15.9 Å². The zero-order valence-electron chi connectivity index (χ0n) is 7.93. The second-order valence-corrected chi connectivity index (χ2v) is 4.47. The van der Waals surface area contributed by atoms with Gasteiger partial charge < -0.3 is 5.73 Å². The molecule has 1 aliphatic carbocycles. The van der Waals surface area contributed by atoms with Gasteiger partial charge >= 0.3 is 0 Å². The van der Waals surface area contributed by atoms with E-state index >= 15 is 0 Å². The van der Waals surface area contributed by atoms with Gasteiger partial charge in [-0.3, -0.25) is 0 Å². The molecule has 1 aliphatic rings. The average molecular weight is 274 g/mol. The summed E-state index contributed by atoms with van der Waals surface area (Å²) >= 11 is 3.04. The van der Waals surface area contributed by atoms with E-state index in [1.165, 1.54) is 12.1 Å². The van der Waals surface area contributed by atoms with Crippen LogP contribution < -0.4 is 5.73 Å². The van der Waals surface area contributed by atoms with E-state index in [4.69, 9.17) is 5.73 Å². The van der Waals surface area contributed by atoms with E-state index in [2.05, 4.69) is 15.9 Å². The Morgan fingerprint density at radius 1 is 1.33 bits per heavy atom. The lowest BCUT2D eigenvalue weighted by Gasteiger charge is -2.06. The van der Waals surface area contributed by atoms with Crippen molar-refractivity contribution in [3.05, 3.63) is 39.9 Å². The lowest BCUT2D eigenvalue weighted by Crippen LogP contribution is -2.11. The molecule has 1 aromatic carbocycles. The molecule has 4 heteroatoms. The average Bonchev–Trinajstić information content (AvgIpc) is 2.59. The molecule has 0 aliphatic heterocycles. The molecule has 15 heavy (non-hydrogen) atoms. The fraction of sp³-hybridized carbons (Fsp3) is 0.273. The largest absolute Gasteiger partial charge is 0.324 e. The molecule has 2 N–H and O–H groups in total. The van der Waals surface area contributed by atoms with Gasteiger partial charge in [0.15, 0.2) is 0 Å².